The highest BCUT2D eigenvalue weighted by Gasteiger charge is 2.25. The van der Waals surface area contributed by atoms with Gasteiger partial charge in [0.2, 0.25) is 0 Å². The Morgan fingerprint density at radius 1 is 0.620 bits per heavy atom. The van der Waals surface area contributed by atoms with Crippen LogP contribution in [-0.2, 0) is 27.9 Å². The second kappa shape index (κ2) is 38.8. The van der Waals surface area contributed by atoms with Gasteiger partial charge < -0.3 is 20.1 Å². The minimum atomic E-state index is -4.30. The Kier molecular flexibility index (Phi) is 37.7. The molecule has 0 rings (SSSR count). The van der Waals surface area contributed by atoms with Crippen molar-refractivity contribution < 1.29 is 32.8 Å². The fraction of sp³-hybridized carbons (Fsp3) is 0.829. The normalized spacial score (nSPS) is 13.8. The molecule has 0 heterocycles. The molecule has 9 heteroatoms. The lowest BCUT2D eigenvalue weighted by Gasteiger charge is -2.19. The second-order valence-electron chi connectivity index (χ2n) is 13.6. The first-order chi connectivity index (χ1) is 24.4. The van der Waals surface area contributed by atoms with Gasteiger partial charge in [-0.2, -0.15) is 0 Å². The van der Waals surface area contributed by atoms with Gasteiger partial charge in [-0.05, 0) is 57.4 Å². The number of hydrogen-bond donors (Lipinski definition) is 2. The molecule has 0 radical (unpaired) electrons. The van der Waals surface area contributed by atoms with E-state index in [0.29, 0.717) is 6.42 Å². The van der Waals surface area contributed by atoms with E-state index in [2.05, 4.69) is 38.2 Å². The number of carbonyl (C=O) groups is 1. The Bertz CT molecular complexity index is 864. The van der Waals surface area contributed by atoms with E-state index in [9.17, 15) is 14.3 Å². The van der Waals surface area contributed by atoms with Crippen LogP contribution < -0.4 is 5.73 Å². The van der Waals surface area contributed by atoms with Gasteiger partial charge >= 0.3 is 13.8 Å². The third kappa shape index (κ3) is 37.8. The summed E-state index contributed by atoms with van der Waals surface area (Å²) in [6.07, 6.45) is 44.0. The van der Waals surface area contributed by atoms with E-state index >= 15 is 0 Å². The van der Waals surface area contributed by atoms with E-state index in [1.165, 1.54) is 122 Å². The Hall–Kier alpha value is -1.44. The van der Waals surface area contributed by atoms with Crippen LogP contribution in [0.2, 0.25) is 0 Å². The number of carbonyl (C=O) groups excluding carboxylic acids is 1. The van der Waals surface area contributed by atoms with Gasteiger partial charge in [0.1, 0.15) is 6.61 Å². The van der Waals surface area contributed by atoms with Gasteiger partial charge in [-0.25, -0.2) is 4.57 Å². The first-order valence-corrected chi connectivity index (χ1v) is 22.0. The molecule has 0 saturated carbocycles. The standard InChI is InChI=1S/C41H78NO7P/c1-3-5-7-9-11-13-15-17-19-21-23-25-27-29-31-33-36-46-38-40(39-48-50(44,45)47-37-35-42)49-41(43)34-32-30-28-26-24-22-20-18-16-14-12-10-8-6-4-2/h18,20,24,26,33,36,40H,3-17,19,21-23,25,27-32,34-35,37-39,42H2,1-2H3,(H,44,45)/b20-18+,26-24+,36-33+/t40-/m1/s1. The minimum Gasteiger partial charge on any atom is -0.498 e. The summed E-state index contributed by atoms with van der Waals surface area (Å²) in [6.45, 7) is 4.20. The fourth-order valence-corrected chi connectivity index (χ4v) is 6.35. The summed E-state index contributed by atoms with van der Waals surface area (Å²) in [5.41, 5.74) is 5.35. The molecule has 1 unspecified atom stereocenters. The summed E-state index contributed by atoms with van der Waals surface area (Å²) >= 11 is 0. The average molecular weight is 728 g/mol. The van der Waals surface area contributed by atoms with Crippen LogP contribution in [0.4, 0.5) is 0 Å². The van der Waals surface area contributed by atoms with Gasteiger partial charge in [0, 0.05) is 13.0 Å². The predicted molar refractivity (Wildman–Crippen MR) is 210 cm³/mol. The van der Waals surface area contributed by atoms with Crippen LogP contribution in [0.25, 0.3) is 0 Å². The molecule has 0 aliphatic heterocycles. The van der Waals surface area contributed by atoms with Crippen molar-refractivity contribution in [1.82, 2.24) is 0 Å². The van der Waals surface area contributed by atoms with Gasteiger partial charge in [0.05, 0.1) is 19.5 Å². The van der Waals surface area contributed by atoms with Crippen LogP contribution in [0.15, 0.2) is 36.6 Å². The van der Waals surface area contributed by atoms with Gasteiger partial charge in [-0.1, -0.05) is 154 Å². The molecule has 294 valence electrons. The van der Waals surface area contributed by atoms with Crippen LogP contribution in [0.1, 0.15) is 187 Å². The summed E-state index contributed by atoms with van der Waals surface area (Å²) in [5, 5.41) is 0. The average Bonchev–Trinajstić information content (AvgIpc) is 3.10. The van der Waals surface area contributed by atoms with Crippen molar-refractivity contribution >= 4 is 13.8 Å². The molecule has 8 nitrogen and oxygen atoms in total. The zero-order valence-electron chi connectivity index (χ0n) is 32.4. The molecular weight excluding hydrogens is 649 g/mol. The molecule has 0 saturated heterocycles. The van der Waals surface area contributed by atoms with Crippen molar-refractivity contribution in [2.24, 2.45) is 5.73 Å². The van der Waals surface area contributed by atoms with Crippen molar-refractivity contribution in [2.45, 2.75) is 193 Å². The summed E-state index contributed by atoms with van der Waals surface area (Å²) in [4.78, 5) is 22.4. The molecule has 2 atom stereocenters. The number of rotatable bonds is 39. The topological polar surface area (TPSA) is 117 Å². The van der Waals surface area contributed by atoms with Crippen molar-refractivity contribution in [3.8, 4) is 0 Å². The molecule has 0 fully saturated rings. The quantitative estimate of drug-likeness (QED) is 0.0211. The number of nitrogens with two attached hydrogens (primary N) is 1. The van der Waals surface area contributed by atoms with E-state index in [-0.39, 0.29) is 38.8 Å². The summed E-state index contributed by atoms with van der Waals surface area (Å²) in [5.74, 6) is -0.383. The van der Waals surface area contributed by atoms with Crippen molar-refractivity contribution in [2.75, 3.05) is 26.4 Å². The van der Waals surface area contributed by atoms with E-state index in [1.54, 1.807) is 6.26 Å². The Morgan fingerprint density at radius 2 is 1.08 bits per heavy atom. The van der Waals surface area contributed by atoms with E-state index in [0.717, 1.165) is 38.5 Å². The number of esters is 1. The molecule has 50 heavy (non-hydrogen) atoms. The van der Waals surface area contributed by atoms with E-state index < -0.39 is 13.9 Å². The molecule has 0 amide bonds. The zero-order valence-corrected chi connectivity index (χ0v) is 33.3. The molecule has 0 aromatic carbocycles. The maximum Gasteiger partial charge on any atom is 0.472 e. The zero-order chi connectivity index (χ0) is 36.6. The number of phosphoric acid groups is 1. The Labute approximate surface area is 308 Å². The fourth-order valence-electron chi connectivity index (χ4n) is 5.58. The maximum absolute atomic E-state index is 12.5. The van der Waals surface area contributed by atoms with Gasteiger partial charge in [0.25, 0.3) is 0 Å². The van der Waals surface area contributed by atoms with Crippen molar-refractivity contribution in [1.29, 1.82) is 0 Å². The van der Waals surface area contributed by atoms with Crippen molar-refractivity contribution in [3.63, 3.8) is 0 Å². The highest BCUT2D eigenvalue weighted by molar-refractivity contribution is 7.47. The first kappa shape index (κ1) is 48.6. The smallest absolute Gasteiger partial charge is 0.472 e. The number of hydrogen-bond acceptors (Lipinski definition) is 7. The molecule has 0 aliphatic rings. The van der Waals surface area contributed by atoms with E-state index in [1.807, 2.05) is 6.08 Å². The highest BCUT2D eigenvalue weighted by atomic mass is 31.2. The summed E-state index contributed by atoms with van der Waals surface area (Å²) in [6, 6.07) is 0. The molecule has 0 spiro atoms. The van der Waals surface area contributed by atoms with Crippen LogP contribution in [0.3, 0.4) is 0 Å². The Morgan fingerprint density at radius 3 is 1.58 bits per heavy atom. The summed E-state index contributed by atoms with van der Waals surface area (Å²) in [7, 11) is -4.30. The lowest BCUT2D eigenvalue weighted by molar-refractivity contribution is -0.153. The molecular formula is C41H78NO7P. The van der Waals surface area contributed by atoms with Crippen LogP contribution in [0.5, 0.6) is 0 Å². The number of unbranched alkanes of at least 4 members (excludes halogenated alkanes) is 22. The Balaban J connectivity index is 4.16. The third-order valence-corrected chi connectivity index (χ3v) is 9.61. The first-order valence-electron chi connectivity index (χ1n) is 20.5. The van der Waals surface area contributed by atoms with Gasteiger partial charge in [0.15, 0.2) is 6.10 Å². The molecule has 3 N–H and O–H groups in total. The predicted octanol–water partition coefficient (Wildman–Crippen LogP) is 12.2. The third-order valence-electron chi connectivity index (χ3n) is 8.62. The number of ether oxygens (including phenoxy) is 2. The van der Waals surface area contributed by atoms with E-state index in [4.69, 9.17) is 24.3 Å². The van der Waals surface area contributed by atoms with Crippen LogP contribution in [0, 0.1) is 0 Å². The monoisotopic (exact) mass is 728 g/mol. The SMILES string of the molecule is CCCCCCCC/C=C/C/C=C/CCCCC(=O)O[C@H](CO/C=C/CCCCCCCCCCCCCCCC)COP(=O)(O)OCCN. The van der Waals surface area contributed by atoms with Crippen LogP contribution in [-0.4, -0.2) is 43.3 Å². The summed E-state index contributed by atoms with van der Waals surface area (Å²) < 4.78 is 33.1. The highest BCUT2D eigenvalue weighted by Crippen LogP contribution is 2.43. The molecule has 0 aromatic rings. The van der Waals surface area contributed by atoms with Gasteiger partial charge in [-0.15, -0.1) is 0 Å². The number of allylic oxidation sites excluding steroid dienone is 5. The molecule has 0 aromatic heterocycles. The number of phosphoric ester groups is 1. The largest absolute Gasteiger partial charge is 0.498 e. The molecule has 0 aliphatic carbocycles. The lowest BCUT2D eigenvalue weighted by atomic mass is 10.0. The second-order valence-corrected chi connectivity index (χ2v) is 15.0. The minimum absolute atomic E-state index is 0.0208. The maximum atomic E-state index is 12.5. The van der Waals surface area contributed by atoms with Crippen LogP contribution >= 0.6 is 7.82 Å². The van der Waals surface area contributed by atoms with Crippen molar-refractivity contribution in [3.05, 3.63) is 36.6 Å². The van der Waals surface area contributed by atoms with Gasteiger partial charge in [-0.3, -0.25) is 13.8 Å². The molecule has 0 bridgehead atoms. The lowest BCUT2D eigenvalue weighted by Crippen LogP contribution is -2.27.